The molecule has 1 N–H and O–H groups in total. The first kappa shape index (κ1) is 19.0. The molecular formula is C19H25ClN2O4. The van der Waals surface area contributed by atoms with Crippen LogP contribution in [-0.2, 0) is 14.3 Å². The minimum absolute atomic E-state index is 0.0258. The Morgan fingerprint density at radius 1 is 1.15 bits per heavy atom. The number of amides is 2. The van der Waals surface area contributed by atoms with Gasteiger partial charge in [0, 0.05) is 29.9 Å². The van der Waals surface area contributed by atoms with Gasteiger partial charge in [-0.25, -0.2) is 0 Å². The highest BCUT2D eigenvalue weighted by atomic mass is 35.5. The number of benzene rings is 1. The number of morpholine rings is 1. The number of nitrogens with one attached hydrogen (secondary N) is 1. The van der Waals surface area contributed by atoms with E-state index in [2.05, 4.69) is 5.32 Å². The SMILES string of the molecule is COc1ccc(Cl)cc1NC(=O)C1CCC(C(=O)N2CCOCC2)CC1. The zero-order valence-corrected chi connectivity index (χ0v) is 15.8. The van der Waals surface area contributed by atoms with E-state index in [4.69, 9.17) is 21.1 Å². The highest BCUT2D eigenvalue weighted by Crippen LogP contribution is 2.33. The van der Waals surface area contributed by atoms with Gasteiger partial charge < -0.3 is 19.7 Å². The normalized spacial score (nSPS) is 23.4. The van der Waals surface area contributed by atoms with Crippen molar-refractivity contribution < 1.29 is 19.1 Å². The Morgan fingerprint density at radius 2 is 1.81 bits per heavy atom. The van der Waals surface area contributed by atoms with Crippen LogP contribution in [0.15, 0.2) is 18.2 Å². The van der Waals surface area contributed by atoms with Crippen LogP contribution in [0.25, 0.3) is 0 Å². The fourth-order valence-corrected chi connectivity index (χ4v) is 3.83. The maximum atomic E-state index is 12.6. The lowest BCUT2D eigenvalue weighted by atomic mass is 9.81. The third-order valence-electron chi connectivity index (χ3n) is 5.19. The summed E-state index contributed by atoms with van der Waals surface area (Å²) in [6, 6.07) is 5.14. The molecule has 1 heterocycles. The number of hydrogen-bond donors (Lipinski definition) is 1. The molecule has 1 aromatic carbocycles. The molecule has 2 amide bonds. The maximum absolute atomic E-state index is 12.6. The van der Waals surface area contributed by atoms with Gasteiger partial charge in [0.2, 0.25) is 11.8 Å². The second-order valence-corrected chi connectivity index (χ2v) is 7.26. The van der Waals surface area contributed by atoms with Gasteiger partial charge in [0.1, 0.15) is 5.75 Å². The average molecular weight is 381 g/mol. The van der Waals surface area contributed by atoms with Crippen molar-refractivity contribution in [1.82, 2.24) is 4.90 Å². The zero-order valence-electron chi connectivity index (χ0n) is 15.0. The number of nitrogens with zero attached hydrogens (tertiary/aromatic N) is 1. The lowest BCUT2D eigenvalue weighted by Crippen LogP contribution is -2.44. The quantitative estimate of drug-likeness (QED) is 0.872. The number of carbonyl (C=O) groups excluding carboxylic acids is 2. The number of rotatable bonds is 4. The molecule has 2 fully saturated rings. The molecule has 0 bridgehead atoms. The van der Waals surface area contributed by atoms with Crippen LogP contribution >= 0.6 is 11.6 Å². The fourth-order valence-electron chi connectivity index (χ4n) is 3.66. The molecule has 1 aromatic rings. The highest BCUT2D eigenvalue weighted by molar-refractivity contribution is 6.31. The number of carbonyl (C=O) groups is 2. The molecule has 7 heteroatoms. The molecule has 0 atom stereocenters. The molecular weight excluding hydrogens is 356 g/mol. The van der Waals surface area contributed by atoms with E-state index < -0.39 is 0 Å². The second-order valence-electron chi connectivity index (χ2n) is 6.82. The van der Waals surface area contributed by atoms with Crippen molar-refractivity contribution in [3.63, 3.8) is 0 Å². The van der Waals surface area contributed by atoms with E-state index in [1.165, 1.54) is 0 Å². The van der Waals surface area contributed by atoms with E-state index in [9.17, 15) is 9.59 Å². The van der Waals surface area contributed by atoms with Gasteiger partial charge in [0.25, 0.3) is 0 Å². The van der Waals surface area contributed by atoms with E-state index in [-0.39, 0.29) is 23.7 Å². The minimum Gasteiger partial charge on any atom is -0.495 e. The van der Waals surface area contributed by atoms with Crippen LogP contribution in [0.5, 0.6) is 5.75 Å². The number of anilines is 1. The second kappa shape index (κ2) is 8.73. The summed E-state index contributed by atoms with van der Waals surface area (Å²) in [6.07, 6.45) is 2.94. The molecule has 6 nitrogen and oxygen atoms in total. The topological polar surface area (TPSA) is 67.9 Å². The lowest BCUT2D eigenvalue weighted by molar-refractivity contribution is -0.141. The van der Waals surface area contributed by atoms with Crippen LogP contribution in [0.2, 0.25) is 5.02 Å². The molecule has 0 aromatic heterocycles. The van der Waals surface area contributed by atoms with Crippen molar-refractivity contribution in [2.45, 2.75) is 25.7 Å². The summed E-state index contributed by atoms with van der Waals surface area (Å²) in [5.74, 6) is 0.690. The summed E-state index contributed by atoms with van der Waals surface area (Å²) < 4.78 is 10.6. The molecule has 26 heavy (non-hydrogen) atoms. The number of ether oxygens (including phenoxy) is 2. The van der Waals surface area contributed by atoms with Gasteiger partial charge in [-0.2, -0.15) is 0 Å². The number of halogens is 1. The first-order chi connectivity index (χ1) is 12.6. The van der Waals surface area contributed by atoms with Crippen molar-refractivity contribution in [2.75, 3.05) is 38.7 Å². The third kappa shape index (κ3) is 4.48. The van der Waals surface area contributed by atoms with Crippen LogP contribution in [0, 0.1) is 11.8 Å². The van der Waals surface area contributed by atoms with Crippen LogP contribution in [0.1, 0.15) is 25.7 Å². The Morgan fingerprint density at radius 3 is 2.46 bits per heavy atom. The first-order valence-corrected chi connectivity index (χ1v) is 9.47. The Hall–Kier alpha value is -1.79. The van der Waals surface area contributed by atoms with Crippen molar-refractivity contribution in [3.8, 4) is 5.75 Å². The first-order valence-electron chi connectivity index (χ1n) is 9.09. The Balaban J connectivity index is 1.53. The summed E-state index contributed by atoms with van der Waals surface area (Å²) >= 11 is 6.01. The van der Waals surface area contributed by atoms with Gasteiger partial charge in [-0.3, -0.25) is 9.59 Å². The van der Waals surface area contributed by atoms with Crippen molar-refractivity contribution in [3.05, 3.63) is 23.2 Å². The maximum Gasteiger partial charge on any atom is 0.227 e. The standard InChI is InChI=1S/C19H25ClN2O4/c1-25-17-7-6-15(20)12-16(17)21-18(23)13-2-4-14(5-3-13)19(24)22-8-10-26-11-9-22/h6-7,12-14H,2-5,8-11H2,1H3,(H,21,23). The lowest BCUT2D eigenvalue weighted by Gasteiger charge is -2.33. The van der Waals surface area contributed by atoms with Gasteiger partial charge in [-0.05, 0) is 43.9 Å². The van der Waals surface area contributed by atoms with Crippen molar-refractivity contribution >= 4 is 29.1 Å². The van der Waals surface area contributed by atoms with Gasteiger partial charge in [-0.1, -0.05) is 11.6 Å². The molecule has 0 spiro atoms. The predicted molar refractivity (Wildman–Crippen MR) is 99.5 cm³/mol. The summed E-state index contributed by atoms with van der Waals surface area (Å²) in [7, 11) is 1.56. The Labute approximate surface area is 158 Å². The van der Waals surface area contributed by atoms with Gasteiger partial charge in [0.05, 0.1) is 26.0 Å². The van der Waals surface area contributed by atoms with Crippen LogP contribution in [0.4, 0.5) is 5.69 Å². The van der Waals surface area contributed by atoms with E-state index in [0.29, 0.717) is 42.8 Å². The third-order valence-corrected chi connectivity index (χ3v) is 5.42. The highest BCUT2D eigenvalue weighted by Gasteiger charge is 2.32. The van der Waals surface area contributed by atoms with Crippen molar-refractivity contribution in [2.24, 2.45) is 11.8 Å². The van der Waals surface area contributed by atoms with Crippen LogP contribution < -0.4 is 10.1 Å². The largest absolute Gasteiger partial charge is 0.495 e. The van der Waals surface area contributed by atoms with Gasteiger partial charge in [0.15, 0.2) is 0 Å². The zero-order chi connectivity index (χ0) is 18.5. The molecule has 0 unspecified atom stereocenters. The van der Waals surface area contributed by atoms with Crippen LogP contribution in [0.3, 0.4) is 0 Å². The van der Waals surface area contributed by atoms with E-state index in [1.54, 1.807) is 25.3 Å². The summed E-state index contributed by atoms with van der Waals surface area (Å²) in [6.45, 7) is 2.58. The summed E-state index contributed by atoms with van der Waals surface area (Å²) in [4.78, 5) is 27.1. The molecule has 2 aliphatic rings. The number of hydrogen-bond acceptors (Lipinski definition) is 4. The fraction of sp³-hybridized carbons (Fsp3) is 0.579. The smallest absolute Gasteiger partial charge is 0.227 e. The Kier molecular flexibility index (Phi) is 6.38. The monoisotopic (exact) mass is 380 g/mol. The molecule has 3 rings (SSSR count). The average Bonchev–Trinajstić information content (AvgIpc) is 2.68. The summed E-state index contributed by atoms with van der Waals surface area (Å²) in [5, 5.41) is 3.46. The molecule has 1 saturated carbocycles. The van der Waals surface area contributed by atoms with Crippen LogP contribution in [-0.4, -0.2) is 50.1 Å². The molecule has 1 saturated heterocycles. The molecule has 1 aliphatic carbocycles. The van der Waals surface area contributed by atoms with Gasteiger partial charge >= 0.3 is 0 Å². The minimum atomic E-state index is -0.0903. The summed E-state index contributed by atoms with van der Waals surface area (Å²) in [5.41, 5.74) is 0.580. The predicted octanol–water partition coefficient (Wildman–Crippen LogP) is 2.95. The molecule has 142 valence electrons. The number of methoxy groups -OCH3 is 1. The molecule has 1 aliphatic heterocycles. The Bertz CT molecular complexity index is 653. The molecule has 0 radical (unpaired) electrons. The van der Waals surface area contributed by atoms with E-state index >= 15 is 0 Å². The van der Waals surface area contributed by atoms with Gasteiger partial charge in [-0.15, -0.1) is 0 Å². The van der Waals surface area contributed by atoms with E-state index in [0.717, 1.165) is 25.7 Å². The van der Waals surface area contributed by atoms with E-state index in [1.807, 2.05) is 4.90 Å². The van der Waals surface area contributed by atoms with Crippen molar-refractivity contribution in [1.29, 1.82) is 0 Å².